The number of hydrogen-bond acceptors (Lipinski definition) is 0. The van der Waals surface area contributed by atoms with E-state index in [1.54, 1.807) is 0 Å². The molecule has 0 saturated carbocycles. The predicted molar refractivity (Wildman–Crippen MR) is 232 cm³/mol. The van der Waals surface area contributed by atoms with E-state index in [1.165, 1.54) is 87.6 Å². The Bertz CT molecular complexity index is 2210. The summed E-state index contributed by atoms with van der Waals surface area (Å²) in [5.41, 5.74) is 10.9. The van der Waals surface area contributed by atoms with Gasteiger partial charge in [-0.05, 0) is 69.5 Å². The van der Waals surface area contributed by atoms with Crippen molar-refractivity contribution in [2.45, 2.75) is 66.5 Å². The molecule has 0 aliphatic carbocycles. The number of hydrogen-bond donors (Lipinski definition) is 0. The molecule has 0 N–H and O–H groups in total. The molecule has 8 aromatic carbocycles. The number of fused-ring (bicyclic) bond motifs is 4. The van der Waals surface area contributed by atoms with Crippen molar-refractivity contribution in [2.75, 3.05) is 0 Å². The van der Waals surface area contributed by atoms with Crippen LogP contribution in [0.4, 0.5) is 0 Å². The van der Waals surface area contributed by atoms with Gasteiger partial charge in [0.1, 0.15) is 0 Å². The molecule has 0 aliphatic heterocycles. The van der Waals surface area contributed by atoms with E-state index in [2.05, 4.69) is 188 Å². The van der Waals surface area contributed by atoms with Crippen LogP contribution in [0.25, 0.3) is 65.3 Å². The van der Waals surface area contributed by atoms with Crippen LogP contribution in [0.5, 0.6) is 0 Å². The SMILES string of the molecule is C[Si]C.Cc1cccc2cccc(-c3cccc4[cH-]c(C(C)C)cc34)c12.Cc1cccc2cccc(-c3cccc4[cH-]c(C(C)C)cc34)c12.[Cl][Zr+2][Cl]. The van der Waals surface area contributed by atoms with Crippen molar-refractivity contribution >= 4 is 69.6 Å². The monoisotopic (exact) mass is 812 g/mol. The van der Waals surface area contributed by atoms with Crippen LogP contribution in [0.2, 0.25) is 13.1 Å². The van der Waals surface area contributed by atoms with Crippen molar-refractivity contribution in [1.82, 2.24) is 0 Å². The van der Waals surface area contributed by atoms with Gasteiger partial charge >= 0.3 is 37.9 Å². The van der Waals surface area contributed by atoms with E-state index in [0.717, 1.165) is 9.52 Å². The molecule has 0 heterocycles. The minimum atomic E-state index is -0.826. The van der Waals surface area contributed by atoms with Crippen molar-refractivity contribution in [2.24, 2.45) is 0 Å². The van der Waals surface area contributed by atoms with Gasteiger partial charge < -0.3 is 0 Å². The summed E-state index contributed by atoms with van der Waals surface area (Å²) in [5, 5.41) is 10.8. The van der Waals surface area contributed by atoms with Gasteiger partial charge in [-0.2, -0.15) is 12.1 Å². The first kappa shape index (κ1) is 39.9. The molecule has 262 valence electrons. The minimum absolute atomic E-state index is 0.560. The molecule has 0 fully saturated rings. The number of aryl methyl sites for hydroxylation is 2. The summed E-state index contributed by atoms with van der Waals surface area (Å²) in [6.45, 7) is 17.8. The van der Waals surface area contributed by atoms with Gasteiger partial charge in [0.15, 0.2) is 0 Å². The molecule has 4 heteroatoms. The van der Waals surface area contributed by atoms with E-state index in [0.29, 0.717) is 11.8 Å². The van der Waals surface area contributed by atoms with Crippen molar-refractivity contribution < 1.29 is 20.8 Å². The molecule has 0 atom stereocenters. The van der Waals surface area contributed by atoms with Crippen LogP contribution < -0.4 is 0 Å². The number of benzene rings is 6. The Morgan fingerprint density at radius 3 is 1.15 bits per heavy atom. The third-order valence-corrected chi connectivity index (χ3v) is 9.69. The summed E-state index contributed by atoms with van der Waals surface area (Å²) in [6.07, 6.45) is 0. The quantitative estimate of drug-likeness (QED) is 0.123. The van der Waals surface area contributed by atoms with Crippen LogP contribution in [0.1, 0.15) is 61.8 Å². The van der Waals surface area contributed by atoms with Gasteiger partial charge in [-0.3, -0.25) is 0 Å². The molecule has 0 spiro atoms. The molecular weight excluding hydrogens is 767 g/mol. The fourth-order valence-electron chi connectivity index (χ4n) is 7.16. The molecule has 0 amide bonds. The molecule has 0 aromatic heterocycles. The summed E-state index contributed by atoms with van der Waals surface area (Å²) in [5.74, 6) is 1.12. The van der Waals surface area contributed by atoms with E-state index in [4.69, 9.17) is 17.0 Å². The van der Waals surface area contributed by atoms with Gasteiger partial charge in [0.05, 0.1) is 0 Å². The Morgan fingerprint density at radius 1 is 0.500 bits per heavy atom. The Kier molecular flexibility index (Phi) is 14.3. The van der Waals surface area contributed by atoms with Gasteiger partial charge in [0.25, 0.3) is 0 Å². The van der Waals surface area contributed by atoms with Crippen molar-refractivity contribution in [3.8, 4) is 22.3 Å². The average Bonchev–Trinajstić information content (AvgIpc) is 3.78. The van der Waals surface area contributed by atoms with Crippen LogP contribution >= 0.6 is 17.0 Å². The summed E-state index contributed by atoms with van der Waals surface area (Å²) in [6, 6.07) is 49.1. The maximum atomic E-state index is 4.93. The fraction of sp³-hybridized carbons (Fsp3) is 0.208. The summed E-state index contributed by atoms with van der Waals surface area (Å²) >= 11 is -0.826. The van der Waals surface area contributed by atoms with Crippen LogP contribution in [-0.2, 0) is 20.8 Å². The Labute approximate surface area is 332 Å². The second-order valence-electron chi connectivity index (χ2n) is 14.0. The standard InChI is InChI=1S/2C23H21.C2H6Si.2ClH.Zr/c2*1-15(2)19-13-18-10-6-11-20(22(18)14-19)21-12-5-9-17-8-4-7-16(3)23(17)21;1-3-2;;;/h2*4-15H,1-3H3;1-2H3;2*1H;/q2*-1;;;;+4/p-2. The number of halogens is 2. The predicted octanol–water partition coefficient (Wildman–Crippen LogP) is 15.8. The summed E-state index contributed by atoms with van der Waals surface area (Å²) in [7, 11) is 11.0. The van der Waals surface area contributed by atoms with Crippen molar-refractivity contribution in [3.63, 3.8) is 0 Å². The normalized spacial score (nSPS) is 10.8. The van der Waals surface area contributed by atoms with Gasteiger partial charge in [0, 0.05) is 9.52 Å². The van der Waals surface area contributed by atoms with Crippen LogP contribution in [0, 0.1) is 13.8 Å². The Morgan fingerprint density at radius 2 is 0.808 bits per heavy atom. The molecule has 0 aliphatic rings. The second-order valence-corrected chi connectivity index (χ2v) is 18.8. The first-order valence-electron chi connectivity index (χ1n) is 18.0. The Hall–Kier alpha value is -3.26. The topological polar surface area (TPSA) is 0 Å². The third-order valence-electron chi connectivity index (χ3n) is 9.69. The zero-order chi connectivity index (χ0) is 37.4. The second kappa shape index (κ2) is 18.7. The third kappa shape index (κ3) is 8.91. The van der Waals surface area contributed by atoms with E-state index in [-0.39, 0.29) is 0 Å². The van der Waals surface area contributed by atoms with Crippen molar-refractivity contribution in [1.29, 1.82) is 0 Å². The molecular formula is C48H48Cl2SiZr. The average molecular weight is 815 g/mol. The molecule has 0 saturated heterocycles. The van der Waals surface area contributed by atoms with Crippen LogP contribution in [0.3, 0.4) is 0 Å². The zero-order valence-corrected chi connectivity index (χ0v) is 36.6. The van der Waals surface area contributed by atoms with E-state index in [9.17, 15) is 0 Å². The Balaban J connectivity index is 0.000000175. The molecule has 0 bridgehead atoms. The van der Waals surface area contributed by atoms with Gasteiger partial charge in [0.2, 0.25) is 0 Å². The van der Waals surface area contributed by atoms with Crippen LogP contribution in [-0.4, -0.2) is 9.52 Å². The first-order valence-corrected chi connectivity index (χ1v) is 26.4. The van der Waals surface area contributed by atoms with Gasteiger partial charge in [-0.25, -0.2) is 0 Å². The summed E-state index contributed by atoms with van der Waals surface area (Å²) in [4.78, 5) is 0. The van der Waals surface area contributed by atoms with Gasteiger partial charge in [-0.1, -0.05) is 137 Å². The van der Waals surface area contributed by atoms with Crippen LogP contribution in [0.15, 0.2) is 133 Å². The fourth-order valence-corrected chi connectivity index (χ4v) is 7.16. The molecule has 8 aromatic rings. The summed E-state index contributed by atoms with van der Waals surface area (Å²) < 4.78 is 0. The molecule has 2 radical (unpaired) electrons. The first-order chi connectivity index (χ1) is 25.1. The van der Waals surface area contributed by atoms with E-state index in [1.807, 2.05) is 0 Å². The molecule has 0 unspecified atom stereocenters. The van der Waals surface area contributed by atoms with E-state index >= 15 is 0 Å². The zero-order valence-electron chi connectivity index (χ0n) is 31.6. The van der Waals surface area contributed by atoms with Crippen molar-refractivity contribution in [3.05, 3.63) is 156 Å². The molecule has 52 heavy (non-hydrogen) atoms. The van der Waals surface area contributed by atoms with E-state index < -0.39 is 20.8 Å². The van der Waals surface area contributed by atoms with Gasteiger partial charge in [-0.15, -0.1) is 69.1 Å². The number of rotatable bonds is 4. The molecule has 8 rings (SSSR count). The molecule has 0 nitrogen and oxygen atoms in total. The maximum absolute atomic E-state index is 4.93.